The van der Waals surface area contributed by atoms with E-state index in [1.54, 1.807) is 6.07 Å². The molecule has 0 unspecified atom stereocenters. The lowest BCUT2D eigenvalue weighted by Crippen LogP contribution is -2.56. The summed E-state index contributed by atoms with van der Waals surface area (Å²) in [5, 5.41) is 0. The summed E-state index contributed by atoms with van der Waals surface area (Å²) in [5.41, 5.74) is 5.89. The number of primary amides is 1. The molecule has 1 aromatic carbocycles. The van der Waals surface area contributed by atoms with Crippen molar-refractivity contribution < 1.29 is 19.1 Å². The number of nitrogens with zero attached hydrogens (tertiary/aromatic N) is 1. The average molecular weight is 415 g/mol. The maximum Gasteiger partial charge on any atom is 0.258 e. The van der Waals surface area contributed by atoms with E-state index in [-0.39, 0.29) is 18.1 Å². The van der Waals surface area contributed by atoms with E-state index in [1.165, 1.54) is 11.3 Å². The van der Waals surface area contributed by atoms with Gasteiger partial charge >= 0.3 is 0 Å². The van der Waals surface area contributed by atoms with Crippen LogP contribution in [0.3, 0.4) is 0 Å². The minimum atomic E-state index is -0.680. The van der Waals surface area contributed by atoms with Gasteiger partial charge in [0.05, 0.1) is 22.4 Å². The topological polar surface area (TPSA) is 81.9 Å². The van der Waals surface area contributed by atoms with Crippen molar-refractivity contribution >= 4 is 23.2 Å². The number of likely N-dealkylation sites (tertiary alicyclic amines) is 1. The quantitative estimate of drug-likeness (QED) is 0.810. The summed E-state index contributed by atoms with van der Waals surface area (Å²) in [5.74, 6) is 0.250. The van der Waals surface area contributed by atoms with Gasteiger partial charge < -0.3 is 20.1 Å². The molecule has 0 radical (unpaired) electrons. The summed E-state index contributed by atoms with van der Waals surface area (Å²) in [7, 11) is 0. The number of nitrogens with two attached hydrogens (primary N) is 1. The molecular formula is C22H26N2O4S. The predicted molar refractivity (Wildman–Crippen MR) is 111 cm³/mol. The van der Waals surface area contributed by atoms with Crippen LogP contribution in [0.1, 0.15) is 59.3 Å². The highest BCUT2D eigenvalue weighted by atomic mass is 32.1. The molecule has 0 saturated carbocycles. The number of fused-ring (bicyclic) bond motifs is 1. The lowest BCUT2D eigenvalue weighted by atomic mass is 9.88. The van der Waals surface area contributed by atoms with E-state index in [2.05, 4.69) is 0 Å². The summed E-state index contributed by atoms with van der Waals surface area (Å²) in [6.45, 7) is 5.03. The third-order valence-corrected chi connectivity index (χ3v) is 6.75. The molecule has 0 bridgehead atoms. The van der Waals surface area contributed by atoms with Gasteiger partial charge in [0, 0.05) is 19.0 Å². The fourth-order valence-electron chi connectivity index (χ4n) is 4.13. The van der Waals surface area contributed by atoms with Crippen molar-refractivity contribution in [3.63, 3.8) is 0 Å². The number of carbonyl (C=O) groups is 2. The van der Waals surface area contributed by atoms with Gasteiger partial charge in [-0.15, -0.1) is 11.3 Å². The molecule has 2 atom stereocenters. The third kappa shape index (κ3) is 3.89. The smallest absolute Gasteiger partial charge is 0.258 e. The van der Waals surface area contributed by atoms with Crippen LogP contribution < -0.4 is 10.5 Å². The molecule has 2 amide bonds. The maximum atomic E-state index is 12.8. The standard InChI is InChI=1S/C22H26N2O4S/c1-22(2)20(27-13-14-8-4-3-5-9-14)18(24-11-7-6-10-17(24)25)19-15(28-22)12-16(29-19)21(23)26/h3-5,8-9,12,18,20H,6-7,10-11,13H2,1-2H3,(H2,23,26)/t18-,20+/m0/s1. The number of amides is 2. The van der Waals surface area contributed by atoms with Crippen molar-refractivity contribution in [2.75, 3.05) is 6.54 Å². The molecule has 1 fully saturated rings. The number of rotatable bonds is 5. The first-order valence-electron chi connectivity index (χ1n) is 9.94. The SMILES string of the molecule is CC1(C)Oc2cc(C(N)=O)sc2[C@H](N2CCCCC2=O)[C@H]1OCc1ccccc1. The monoisotopic (exact) mass is 414 g/mol. The minimum absolute atomic E-state index is 0.118. The van der Waals surface area contributed by atoms with E-state index in [1.807, 2.05) is 49.1 Å². The minimum Gasteiger partial charge on any atom is -0.484 e. The molecule has 2 aliphatic heterocycles. The largest absolute Gasteiger partial charge is 0.484 e. The molecule has 0 aliphatic carbocycles. The van der Waals surface area contributed by atoms with Crippen molar-refractivity contribution in [3.05, 3.63) is 51.7 Å². The van der Waals surface area contributed by atoms with Crippen LogP contribution in [0.25, 0.3) is 0 Å². The Morgan fingerprint density at radius 3 is 2.76 bits per heavy atom. The zero-order valence-corrected chi connectivity index (χ0v) is 17.5. The number of benzene rings is 1. The zero-order valence-electron chi connectivity index (χ0n) is 16.7. The van der Waals surface area contributed by atoms with Crippen molar-refractivity contribution in [1.29, 1.82) is 0 Å². The first-order valence-corrected chi connectivity index (χ1v) is 10.8. The Hall–Kier alpha value is -2.38. The van der Waals surface area contributed by atoms with Gasteiger partial charge in [-0.1, -0.05) is 30.3 Å². The lowest BCUT2D eigenvalue weighted by molar-refractivity contribution is -0.157. The molecular weight excluding hydrogens is 388 g/mol. The fraction of sp³-hybridized carbons (Fsp3) is 0.455. The first kappa shape index (κ1) is 19.9. The van der Waals surface area contributed by atoms with Gasteiger partial charge in [0.2, 0.25) is 5.91 Å². The fourth-order valence-corrected chi connectivity index (χ4v) is 5.21. The van der Waals surface area contributed by atoms with Crippen LogP contribution in [0, 0.1) is 0 Å². The Balaban J connectivity index is 1.73. The van der Waals surface area contributed by atoms with Crippen LogP contribution in [0.5, 0.6) is 5.75 Å². The van der Waals surface area contributed by atoms with Crippen LogP contribution in [-0.4, -0.2) is 35.0 Å². The Morgan fingerprint density at radius 2 is 2.07 bits per heavy atom. The van der Waals surface area contributed by atoms with Gasteiger partial charge in [0.1, 0.15) is 17.5 Å². The Bertz CT molecular complexity index is 909. The Morgan fingerprint density at radius 1 is 1.31 bits per heavy atom. The molecule has 29 heavy (non-hydrogen) atoms. The van der Waals surface area contributed by atoms with Crippen LogP contribution in [0.15, 0.2) is 36.4 Å². The number of ether oxygens (including phenoxy) is 2. The number of thiophene rings is 1. The molecule has 6 nitrogen and oxygen atoms in total. The highest BCUT2D eigenvalue weighted by Crippen LogP contribution is 2.49. The molecule has 1 saturated heterocycles. The maximum absolute atomic E-state index is 12.8. The highest BCUT2D eigenvalue weighted by Gasteiger charge is 2.50. The molecule has 7 heteroatoms. The second-order valence-corrected chi connectivity index (χ2v) is 9.20. The second kappa shape index (κ2) is 7.80. The normalized spacial score (nSPS) is 23.4. The van der Waals surface area contributed by atoms with Gasteiger partial charge in [-0.3, -0.25) is 9.59 Å². The molecule has 2 aromatic rings. The average Bonchev–Trinajstić information content (AvgIpc) is 3.10. The number of hydrogen-bond donors (Lipinski definition) is 1. The first-order chi connectivity index (χ1) is 13.9. The molecule has 3 heterocycles. The summed E-state index contributed by atoms with van der Waals surface area (Å²) >= 11 is 1.30. The molecule has 4 rings (SSSR count). The lowest BCUT2D eigenvalue weighted by Gasteiger charge is -2.48. The van der Waals surface area contributed by atoms with Crippen LogP contribution in [-0.2, 0) is 16.1 Å². The van der Waals surface area contributed by atoms with Crippen molar-refractivity contribution in [2.24, 2.45) is 5.73 Å². The molecule has 0 spiro atoms. The summed E-state index contributed by atoms with van der Waals surface area (Å²) in [6, 6.07) is 11.3. The Kier molecular flexibility index (Phi) is 5.36. The van der Waals surface area contributed by atoms with E-state index < -0.39 is 11.5 Å². The molecule has 1 aromatic heterocycles. The van der Waals surface area contributed by atoms with Gasteiger partial charge in [-0.05, 0) is 32.3 Å². The summed E-state index contributed by atoms with van der Waals surface area (Å²) in [6.07, 6.45) is 2.02. The van der Waals surface area contributed by atoms with E-state index in [9.17, 15) is 9.59 Å². The van der Waals surface area contributed by atoms with Crippen LogP contribution in [0.2, 0.25) is 0 Å². The summed E-state index contributed by atoms with van der Waals surface area (Å²) in [4.78, 5) is 27.8. The van der Waals surface area contributed by atoms with Crippen molar-refractivity contribution in [3.8, 4) is 5.75 Å². The number of piperidine rings is 1. The van der Waals surface area contributed by atoms with E-state index >= 15 is 0 Å². The van der Waals surface area contributed by atoms with Crippen molar-refractivity contribution in [1.82, 2.24) is 4.90 Å². The number of hydrogen-bond acceptors (Lipinski definition) is 5. The van der Waals surface area contributed by atoms with E-state index in [0.717, 1.165) is 23.3 Å². The number of carbonyl (C=O) groups excluding carboxylic acids is 2. The molecule has 154 valence electrons. The predicted octanol–water partition coefficient (Wildman–Crippen LogP) is 3.66. The zero-order chi connectivity index (χ0) is 20.6. The molecule has 2 aliphatic rings. The highest BCUT2D eigenvalue weighted by molar-refractivity contribution is 7.14. The van der Waals surface area contributed by atoms with Crippen molar-refractivity contribution in [2.45, 2.75) is 57.5 Å². The molecule has 2 N–H and O–H groups in total. The van der Waals surface area contributed by atoms with E-state index in [0.29, 0.717) is 30.2 Å². The van der Waals surface area contributed by atoms with Crippen LogP contribution >= 0.6 is 11.3 Å². The van der Waals surface area contributed by atoms with Crippen LogP contribution in [0.4, 0.5) is 0 Å². The third-order valence-electron chi connectivity index (χ3n) is 5.55. The van der Waals surface area contributed by atoms with Gasteiger partial charge in [-0.2, -0.15) is 0 Å². The van der Waals surface area contributed by atoms with Gasteiger partial charge in [-0.25, -0.2) is 0 Å². The van der Waals surface area contributed by atoms with Gasteiger partial charge in [0.15, 0.2) is 0 Å². The van der Waals surface area contributed by atoms with E-state index in [4.69, 9.17) is 15.2 Å². The van der Waals surface area contributed by atoms with Gasteiger partial charge in [0.25, 0.3) is 5.91 Å². The summed E-state index contributed by atoms with van der Waals surface area (Å²) < 4.78 is 12.6. The second-order valence-electron chi connectivity index (χ2n) is 8.12. The Labute approximate surface area is 174 Å².